The molecule has 4 rings (SSSR count). The molecule has 9 nitrogen and oxygen atoms in total. The van der Waals surface area contributed by atoms with E-state index in [1.807, 2.05) is 0 Å². The largest absolute Gasteiger partial charge is 0.508 e. The molecule has 3 aromatic heterocycles. The topological polar surface area (TPSA) is 150 Å². The molecule has 9 heteroatoms. The number of fused-ring (bicyclic) bond motifs is 1. The first-order chi connectivity index (χ1) is 13.0. The van der Waals surface area contributed by atoms with Crippen molar-refractivity contribution in [2.75, 3.05) is 5.32 Å². The van der Waals surface area contributed by atoms with E-state index in [1.54, 1.807) is 36.5 Å². The zero-order chi connectivity index (χ0) is 19.0. The quantitative estimate of drug-likeness (QED) is 0.349. The Labute approximate surface area is 152 Å². The molecule has 0 saturated carbocycles. The first kappa shape index (κ1) is 16.3. The van der Waals surface area contributed by atoms with Gasteiger partial charge in [-0.25, -0.2) is 0 Å². The summed E-state index contributed by atoms with van der Waals surface area (Å²) in [6.45, 7) is 0. The van der Waals surface area contributed by atoms with Gasteiger partial charge >= 0.3 is 0 Å². The summed E-state index contributed by atoms with van der Waals surface area (Å²) in [6, 6.07) is 8.04. The molecule has 0 atom stereocenters. The van der Waals surface area contributed by atoms with E-state index < -0.39 is 5.91 Å². The third-order valence-electron chi connectivity index (χ3n) is 4.05. The number of carbonyl (C=O) groups is 1. The molecule has 134 valence electrons. The number of primary amides is 1. The number of aromatic nitrogens is 4. The highest BCUT2D eigenvalue weighted by atomic mass is 16.3. The number of phenolic OH excluding ortho intramolecular Hbond substituents is 1. The van der Waals surface area contributed by atoms with Gasteiger partial charge in [-0.05, 0) is 30.3 Å². The van der Waals surface area contributed by atoms with Gasteiger partial charge in [-0.2, -0.15) is 0 Å². The molecular formula is C18H14N6O3. The van der Waals surface area contributed by atoms with Crippen LogP contribution in [0.4, 0.5) is 11.4 Å². The third kappa shape index (κ3) is 2.86. The monoisotopic (exact) mass is 362 g/mol. The van der Waals surface area contributed by atoms with Crippen LogP contribution in [0.2, 0.25) is 0 Å². The normalized spacial score (nSPS) is 10.8. The standard InChI is InChI=1S/C18H14N6O3/c19-17(27)16-14(11-5-6-20-8-13(11)26)15-12(7-21-18(15)24-23-16)22-9-1-3-10(25)4-2-9/h1-8,22,25-26H,(H2,19,27)(H,21,24). The number of phenols is 1. The van der Waals surface area contributed by atoms with Gasteiger partial charge in [-0.15, -0.1) is 10.2 Å². The number of H-pyrrole nitrogens is 1. The predicted molar refractivity (Wildman–Crippen MR) is 98.7 cm³/mol. The number of rotatable bonds is 4. The van der Waals surface area contributed by atoms with Crippen molar-refractivity contribution in [1.82, 2.24) is 20.2 Å². The number of nitrogens with one attached hydrogen (secondary N) is 2. The summed E-state index contributed by atoms with van der Waals surface area (Å²) in [5, 5.41) is 31.3. The van der Waals surface area contributed by atoms with E-state index in [0.717, 1.165) is 0 Å². The average Bonchev–Trinajstić information content (AvgIpc) is 3.06. The lowest BCUT2D eigenvalue weighted by Crippen LogP contribution is -2.16. The van der Waals surface area contributed by atoms with E-state index in [4.69, 9.17) is 5.73 Å². The minimum atomic E-state index is -0.771. The van der Waals surface area contributed by atoms with Gasteiger partial charge in [-0.1, -0.05) is 0 Å². The van der Waals surface area contributed by atoms with Gasteiger partial charge in [0.25, 0.3) is 5.91 Å². The Kier molecular flexibility index (Phi) is 3.81. The Morgan fingerprint density at radius 3 is 2.59 bits per heavy atom. The summed E-state index contributed by atoms with van der Waals surface area (Å²) < 4.78 is 0. The maximum absolute atomic E-state index is 11.9. The molecular weight excluding hydrogens is 348 g/mol. The number of aromatic hydroxyl groups is 2. The highest BCUT2D eigenvalue weighted by molar-refractivity contribution is 6.11. The van der Waals surface area contributed by atoms with Crippen molar-refractivity contribution in [2.45, 2.75) is 0 Å². The molecule has 27 heavy (non-hydrogen) atoms. The fraction of sp³-hybridized carbons (Fsp3) is 0. The van der Waals surface area contributed by atoms with E-state index in [2.05, 4.69) is 25.5 Å². The lowest BCUT2D eigenvalue weighted by atomic mass is 10.0. The van der Waals surface area contributed by atoms with E-state index in [-0.39, 0.29) is 17.2 Å². The molecule has 0 aliphatic carbocycles. The Hall–Kier alpha value is -4.14. The number of pyridine rings is 1. The maximum atomic E-state index is 11.9. The predicted octanol–water partition coefficient (Wildman–Crippen LogP) is 2.27. The van der Waals surface area contributed by atoms with Crippen LogP contribution >= 0.6 is 0 Å². The molecule has 4 aromatic rings. The molecule has 3 heterocycles. The van der Waals surface area contributed by atoms with Crippen LogP contribution in [0.15, 0.2) is 48.9 Å². The van der Waals surface area contributed by atoms with E-state index in [0.29, 0.717) is 33.5 Å². The summed E-state index contributed by atoms with van der Waals surface area (Å²) in [6.07, 6.45) is 4.43. The van der Waals surface area contributed by atoms with Crippen molar-refractivity contribution in [1.29, 1.82) is 0 Å². The van der Waals surface area contributed by atoms with Crippen molar-refractivity contribution in [3.05, 3.63) is 54.6 Å². The van der Waals surface area contributed by atoms with Crippen molar-refractivity contribution < 1.29 is 15.0 Å². The van der Waals surface area contributed by atoms with E-state index in [1.165, 1.54) is 12.4 Å². The van der Waals surface area contributed by atoms with Crippen molar-refractivity contribution in [3.63, 3.8) is 0 Å². The number of hydrogen-bond donors (Lipinski definition) is 5. The Balaban J connectivity index is 1.97. The number of nitrogens with two attached hydrogens (primary N) is 1. The molecule has 0 bridgehead atoms. The lowest BCUT2D eigenvalue weighted by Gasteiger charge is -2.11. The minimum absolute atomic E-state index is 0.0719. The number of carbonyl (C=O) groups excluding carboxylic acids is 1. The second-order valence-electron chi connectivity index (χ2n) is 5.78. The minimum Gasteiger partial charge on any atom is -0.508 e. The molecule has 0 spiro atoms. The summed E-state index contributed by atoms with van der Waals surface area (Å²) in [5.41, 5.74) is 7.82. The Morgan fingerprint density at radius 2 is 1.89 bits per heavy atom. The van der Waals surface area contributed by atoms with Gasteiger partial charge in [0, 0.05) is 29.2 Å². The molecule has 0 saturated heterocycles. The van der Waals surface area contributed by atoms with Crippen LogP contribution in [0, 0.1) is 0 Å². The first-order valence-corrected chi connectivity index (χ1v) is 7.91. The Morgan fingerprint density at radius 1 is 1.11 bits per heavy atom. The van der Waals surface area contributed by atoms with Crippen LogP contribution in [-0.4, -0.2) is 36.3 Å². The summed E-state index contributed by atoms with van der Waals surface area (Å²) in [4.78, 5) is 18.8. The van der Waals surface area contributed by atoms with Crippen LogP contribution < -0.4 is 11.1 Å². The van der Waals surface area contributed by atoms with E-state index >= 15 is 0 Å². The first-order valence-electron chi connectivity index (χ1n) is 7.91. The highest BCUT2D eigenvalue weighted by Crippen LogP contribution is 2.39. The van der Waals surface area contributed by atoms with Crippen molar-refractivity contribution in [3.8, 4) is 22.6 Å². The number of amides is 1. The molecule has 0 radical (unpaired) electrons. The number of aromatic amines is 1. The zero-order valence-corrected chi connectivity index (χ0v) is 13.8. The van der Waals surface area contributed by atoms with Crippen molar-refractivity contribution >= 4 is 28.3 Å². The SMILES string of the molecule is NC(=O)c1nnc2[nH]cc(Nc3ccc(O)cc3)c2c1-c1ccncc1O. The number of benzene rings is 1. The molecule has 0 unspecified atom stereocenters. The lowest BCUT2D eigenvalue weighted by molar-refractivity contribution is 0.0995. The second-order valence-corrected chi connectivity index (χ2v) is 5.78. The van der Waals surface area contributed by atoms with Gasteiger partial charge in [0.05, 0.1) is 17.3 Å². The average molecular weight is 362 g/mol. The highest BCUT2D eigenvalue weighted by Gasteiger charge is 2.22. The number of hydrogen-bond acceptors (Lipinski definition) is 7. The summed E-state index contributed by atoms with van der Waals surface area (Å²) in [7, 11) is 0. The number of anilines is 2. The fourth-order valence-corrected chi connectivity index (χ4v) is 2.84. The maximum Gasteiger partial charge on any atom is 0.269 e. The van der Waals surface area contributed by atoms with Gasteiger partial charge in [0.1, 0.15) is 11.5 Å². The molecule has 0 fully saturated rings. The van der Waals surface area contributed by atoms with Crippen LogP contribution in [0.3, 0.4) is 0 Å². The molecule has 0 aliphatic rings. The van der Waals surface area contributed by atoms with E-state index in [9.17, 15) is 15.0 Å². The van der Waals surface area contributed by atoms with Crippen LogP contribution in [0.1, 0.15) is 10.5 Å². The zero-order valence-electron chi connectivity index (χ0n) is 13.8. The molecule has 1 aromatic carbocycles. The van der Waals surface area contributed by atoms with Crippen LogP contribution in [0.5, 0.6) is 11.5 Å². The number of nitrogens with zero attached hydrogens (tertiary/aromatic N) is 3. The fourth-order valence-electron chi connectivity index (χ4n) is 2.84. The third-order valence-corrected chi connectivity index (χ3v) is 4.05. The van der Waals surface area contributed by atoms with Crippen LogP contribution in [-0.2, 0) is 0 Å². The summed E-state index contributed by atoms with van der Waals surface area (Å²) >= 11 is 0. The summed E-state index contributed by atoms with van der Waals surface area (Å²) in [5.74, 6) is -0.748. The van der Waals surface area contributed by atoms with Gasteiger partial charge in [0.15, 0.2) is 11.3 Å². The molecule has 1 amide bonds. The molecule has 0 aliphatic heterocycles. The van der Waals surface area contributed by atoms with Gasteiger partial charge in [-0.3, -0.25) is 9.78 Å². The molecule has 6 N–H and O–H groups in total. The smallest absolute Gasteiger partial charge is 0.269 e. The van der Waals surface area contributed by atoms with Gasteiger partial charge in [0.2, 0.25) is 0 Å². The van der Waals surface area contributed by atoms with Gasteiger partial charge < -0.3 is 26.2 Å². The Bertz CT molecular complexity index is 1150. The van der Waals surface area contributed by atoms with Crippen molar-refractivity contribution in [2.24, 2.45) is 5.73 Å². The van der Waals surface area contributed by atoms with Crippen LogP contribution in [0.25, 0.3) is 22.2 Å². The second kappa shape index (κ2) is 6.30.